The second kappa shape index (κ2) is 23.7. The van der Waals surface area contributed by atoms with Gasteiger partial charge in [-0.2, -0.15) is 0 Å². The second-order valence-electron chi connectivity index (χ2n) is 9.77. The zero-order valence-corrected chi connectivity index (χ0v) is 25.4. The van der Waals surface area contributed by atoms with Crippen LogP contribution in [0.4, 0.5) is 0 Å². The van der Waals surface area contributed by atoms with E-state index < -0.39 is 0 Å². The molecule has 0 aliphatic heterocycles. The fraction of sp³-hybridized carbons (Fsp3) is 0.774. The maximum Gasteiger partial charge on any atom is 0.0344 e. The third-order valence-corrected chi connectivity index (χ3v) is 10.1. The standard InChI is InChI=1S/C31H55S3/c1-5-8-11-14-17-20-23-32-29-26-28(4)27-30(33-24-21-18-15-12-9-6-2)31(29)34-25-22-19-16-13-10-7-3/h26-27H,4-25H2,1-3H3. The first-order valence-corrected chi connectivity index (χ1v) is 17.6. The molecule has 34 heavy (non-hydrogen) atoms. The quantitative estimate of drug-likeness (QED) is 0.0976. The van der Waals surface area contributed by atoms with Gasteiger partial charge in [-0.1, -0.05) is 117 Å². The first-order chi connectivity index (χ1) is 16.7. The zero-order chi connectivity index (χ0) is 24.7. The van der Waals surface area contributed by atoms with Crippen LogP contribution in [-0.4, -0.2) is 17.3 Å². The lowest BCUT2D eigenvalue weighted by molar-refractivity contribution is 0.626. The van der Waals surface area contributed by atoms with Gasteiger partial charge in [-0.3, -0.25) is 0 Å². The lowest BCUT2D eigenvalue weighted by Gasteiger charge is -2.16. The lowest BCUT2D eigenvalue weighted by Crippen LogP contribution is -1.92. The SMILES string of the molecule is [CH2]c1cc(SCCCCCCCC)c(SCCCCCCCC)c(SCCCCCCCC)c1. The molecule has 0 atom stereocenters. The third kappa shape index (κ3) is 16.9. The molecule has 197 valence electrons. The summed E-state index contributed by atoms with van der Waals surface area (Å²) in [7, 11) is 0. The van der Waals surface area contributed by atoms with Gasteiger partial charge in [0.05, 0.1) is 0 Å². The van der Waals surface area contributed by atoms with Crippen molar-refractivity contribution in [3.05, 3.63) is 24.6 Å². The summed E-state index contributed by atoms with van der Waals surface area (Å²) in [6.07, 6.45) is 24.9. The first-order valence-electron chi connectivity index (χ1n) is 14.6. The number of hydrogen-bond acceptors (Lipinski definition) is 3. The van der Waals surface area contributed by atoms with Gasteiger partial charge in [-0.25, -0.2) is 0 Å². The monoisotopic (exact) mass is 523 g/mol. The number of hydrogen-bond donors (Lipinski definition) is 0. The van der Waals surface area contributed by atoms with Gasteiger partial charge in [0, 0.05) is 14.7 Å². The minimum Gasteiger partial charge on any atom is -0.125 e. The van der Waals surface area contributed by atoms with Crippen molar-refractivity contribution < 1.29 is 0 Å². The molecule has 0 N–H and O–H groups in total. The summed E-state index contributed by atoms with van der Waals surface area (Å²) in [4.78, 5) is 4.57. The van der Waals surface area contributed by atoms with Gasteiger partial charge < -0.3 is 0 Å². The highest BCUT2D eigenvalue weighted by Gasteiger charge is 2.12. The predicted molar refractivity (Wildman–Crippen MR) is 163 cm³/mol. The Hall–Kier alpha value is 0.270. The van der Waals surface area contributed by atoms with Crippen LogP contribution in [0.25, 0.3) is 0 Å². The van der Waals surface area contributed by atoms with E-state index in [1.807, 2.05) is 0 Å². The highest BCUT2D eigenvalue weighted by atomic mass is 32.2. The molecule has 1 radical (unpaired) electrons. The maximum atomic E-state index is 4.34. The van der Waals surface area contributed by atoms with Gasteiger partial charge in [0.2, 0.25) is 0 Å². The molecule has 0 saturated heterocycles. The molecular formula is C31H55S3. The fourth-order valence-corrected chi connectivity index (χ4v) is 7.99. The summed E-state index contributed by atoms with van der Waals surface area (Å²) in [6, 6.07) is 4.72. The second-order valence-corrected chi connectivity index (χ2v) is 13.1. The molecule has 0 aliphatic carbocycles. The van der Waals surface area contributed by atoms with Crippen LogP contribution in [0, 0.1) is 6.92 Å². The summed E-state index contributed by atoms with van der Waals surface area (Å²) < 4.78 is 0. The Morgan fingerprint density at radius 3 is 1.18 bits per heavy atom. The molecule has 0 unspecified atom stereocenters. The van der Waals surface area contributed by atoms with E-state index in [-0.39, 0.29) is 0 Å². The van der Waals surface area contributed by atoms with Gasteiger partial charge in [0.1, 0.15) is 0 Å². The molecular weight excluding hydrogens is 469 g/mol. The summed E-state index contributed by atoms with van der Waals surface area (Å²) in [5, 5.41) is 0. The number of benzene rings is 1. The molecule has 1 aromatic carbocycles. The molecule has 0 aliphatic rings. The van der Waals surface area contributed by atoms with E-state index >= 15 is 0 Å². The van der Waals surface area contributed by atoms with E-state index in [0.29, 0.717) is 0 Å². The van der Waals surface area contributed by atoms with Crippen LogP contribution < -0.4 is 0 Å². The number of thioether (sulfide) groups is 3. The van der Waals surface area contributed by atoms with Gasteiger partial charge in [0.25, 0.3) is 0 Å². The smallest absolute Gasteiger partial charge is 0.0344 e. The molecule has 0 fully saturated rings. The average molecular weight is 524 g/mol. The van der Waals surface area contributed by atoms with E-state index in [4.69, 9.17) is 0 Å². The van der Waals surface area contributed by atoms with Crippen molar-refractivity contribution in [2.24, 2.45) is 0 Å². The normalized spacial score (nSPS) is 11.4. The molecule has 0 amide bonds. The minimum absolute atomic E-state index is 1.19. The molecule has 0 spiro atoms. The van der Waals surface area contributed by atoms with Crippen molar-refractivity contribution in [3.63, 3.8) is 0 Å². The average Bonchev–Trinajstić information content (AvgIpc) is 2.83. The van der Waals surface area contributed by atoms with Gasteiger partial charge in [0.15, 0.2) is 0 Å². The van der Waals surface area contributed by atoms with Crippen molar-refractivity contribution in [1.82, 2.24) is 0 Å². The Bertz CT molecular complexity index is 545. The van der Waals surface area contributed by atoms with Crippen LogP contribution in [0.3, 0.4) is 0 Å². The topological polar surface area (TPSA) is 0 Å². The molecule has 1 rings (SSSR count). The van der Waals surface area contributed by atoms with E-state index in [2.05, 4.69) is 75.1 Å². The van der Waals surface area contributed by atoms with Crippen LogP contribution in [0.2, 0.25) is 0 Å². The Morgan fingerprint density at radius 2 is 0.794 bits per heavy atom. The summed E-state index contributed by atoms with van der Waals surface area (Å²) in [5.41, 5.74) is 1.19. The molecule has 0 bridgehead atoms. The summed E-state index contributed by atoms with van der Waals surface area (Å²) in [6.45, 7) is 11.2. The van der Waals surface area contributed by atoms with E-state index in [1.165, 1.54) is 148 Å². The van der Waals surface area contributed by atoms with Crippen LogP contribution in [-0.2, 0) is 0 Å². The van der Waals surface area contributed by atoms with Crippen LogP contribution in [0.15, 0.2) is 26.8 Å². The van der Waals surface area contributed by atoms with Crippen LogP contribution in [0.5, 0.6) is 0 Å². The zero-order valence-electron chi connectivity index (χ0n) is 22.9. The number of rotatable bonds is 24. The highest BCUT2D eigenvalue weighted by molar-refractivity contribution is 8.03. The lowest BCUT2D eigenvalue weighted by atomic mass is 10.1. The molecule has 0 aromatic heterocycles. The Kier molecular flexibility index (Phi) is 22.5. The van der Waals surface area contributed by atoms with Crippen molar-refractivity contribution >= 4 is 35.3 Å². The molecule has 1 aromatic rings. The fourth-order valence-electron chi connectivity index (χ4n) is 4.17. The maximum absolute atomic E-state index is 4.34. The Labute approximate surface area is 227 Å². The van der Waals surface area contributed by atoms with Crippen molar-refractivity contribution in [2.45, 2.75) is 151 Å². The summed E-state index contributed by atoms with van der Waals surface area (Å²) in [5.74, 6) is 3.77. The van der Waals surface area contributed by atoms with E-state index in [1.54, 1.807) is 4.90 Å². The van der Waals surface area contributed by atoms with Crippen LogP contribution >= 0.6 is 35.3 Å². The van der Waals surface area contributed by atoms with Crippen molar-refractivity contribution in [2.75, 3.05) is 17.3 Å². The highest BCUT2D eigenvalue weighted by Crippen LogP contribution is 2.41. The van der Waals surface area contributed by atoms with E-state index in [9.17, 15) is 0 Å². The molecule has 0 nitrogen and oxygen atoms in total. The molecule has 3 heteroatoms. The predicted octanol–water partition coefficient (Wildman–Crippen LogP) is 12.2. The van der Waals surface area contributed by atoms with Crippen molar-refractivity contribution in [1.29, 1.82) is 0 Å². The van der Waals surface area contributed by atoms with Gasteiger partial charge >= 0.3 is 0 Å². The van der Waals surface area contributed by atoms with E-state index in [0.717, 1.165) is 0 Å². The minimum atomic E-state index is 1.19. The Morgan fingerprint density at radius 1 is 0.471 bits per heavy atom. The summed E-state index contributed by atoms with van der Waals surface area (Å²) >= 11 is 6.31. The molecule has 0 saturated carbocycles. The number of unbranched alkanes of at least 4 members (excludes halogenated alkanes) is 15. The van der Waals surface area contributed by atoms with Gasteiger partial charge in [-0.15, -0.1) is 35.3 Å². The Balaban J connectivity index is 2.61. The van der Waals surface area contributed by atoms with Gasteiger partial charge in [-0.05, 0) is 61.1 Å². The van der Waals surface area contributed by atoms with Crippen molar-refractivity contribution in [3.8, 4) is 0 Å². The first kappa shape index (κ1) is 32.3. The third-order valence-electron chi connectivity index (χ3n) is 6.34. The molecule has 0 heterocycles. The largest absolute Gasteiger partial charge is 0.125 e. The van der Waals surface area contributed by atoms with Crippen LogP contribution in [0.1, 0.15) is 142 Å².